The fourth-order valence-electron chi connectivity index (χ4n) is 3.46. The highest BCUT2D eigenvalue weighted by Gasteiger charge is 2.32. The molecule has 1 aromatic carbocycles. The first-order valence-electron chi connectivity index (χ1n) is 9.30. The van der Waals surface area contributed by atoms with Gasteiger partial charge >= 0.3 is 0 Å². The molecule has 29 heavy (non-hydrogen) atoms. The quantitative estimate of drug-likeness (QED) is 0.744. The zero-order valence-electron chi connectivity index (χ0n) is 15.6. The zero-order valence-corrected chi connectivity index (χ0v) is 17.2. The number of amides is 2. The molecular weight excluding hydrogens is 414 g/mol. The van der Waals surface area contributed by atoms with E-state index in [1.165, 1.54) is 22.1 Å². The van der Waals surface area contributed by atoms with Crippen LogP contribution in [0.15, 0.2) is 50.8 Å². The molecule has 2 N–H and O–H groups in total. The number of sulfonamides is 1. The first-order valence-corrected chi connectivity index (χ1v) is 11.7. The molecule has 1 fully saturated rings. The Balaban J connectivity index is 1.38. The first-order chi connectivity index (χ1) is 13.9. The molecule has 2 aromatic rings. The van der Waals surface area contributed by atoms with Gasteiger partial charge in [-0.05, 0) is 43.2 Å². The average Bonchev–Trinajstić information content (AvgIpc) is 3.25. The van der Waals surface area contributed by atoms with Crippen LogP contribution in [0.5, 0.6) is 0 Å². The van der Waals surface area contributed by atoms with Crippen molar-refractivity contribution in [2.24, 2.45) is 5.92 Å². The maximum absolute atomic E-state index is 13.0. The van der Waals surface area contributed by atoms with Gasteiger partial charge in [0.25, 0.3) is 0 Å². The van der Waals surface area contributed by atoms with Gasteiger partial charge < -0.3 is 15.1 Å². The summed E-state index contributed by atoms with van der Waals surface area (Å²) in [6.45, 7) is 0.877. The fourth-order valence-corrected chi connectivity index (χ4v) is 5.75. The molecule has 2 amide bonds. The van der Waals surface area contributed by atoms with E-state index in [2.05, 4.69) is 10.6 Å². The molecule has 0 radical (unpaired) electrons. The third-order valence-corrected chi connectivity index (χ3v) is 8.03. The predicted molar refractivity (Wildman–Crippen MR) is 108 cm³/mol. The lowest BCUT2D eigenvalue weighted by atomic mass is 9.97. The molecule has 3 heterocycles. The highest BCUT2D eigenvalue weighted by molar-refractivity contribution is 8.00. The Labute approximate surface area is 173 Å². The van der Waals surface area contributed by atoms with E-state index in [1.54, 1.807) is 30.5 Å². The van der Waals surface area contributed by atoms with Crippen LogP contribution in [0.3, 0.4) is 0 Å². The van der Waals surface area contributed by atoms with Gasteiger partial charge in [-0.1, -0.05) is 0 Å². The summed E-state index contributed by atoms with van der Waals surface area (Å²) in [6.07, 6.45) is 2.47. The Bertz CT molecular complexity index is 1010. The Kier molecular flexibility index (Phi) is 5.66. The summed E-state index contributed by atoms with van der Waals surface area (Å²) < 4.78 is 32.6. The number of nitrogens with zero attached hydrogens (tertiary/aromatic N) is 1. The molecular formula is C19H21N3O5S2. The molecule has 2 aliphatic heterocycles. The van der Waals surface area contributed by atoms with Crippen LogP contribution in [0, 0.1) is 5.92 Å². The number of carbonyl (C=O) groups excluding carboxylic acids is 2. The second kappa shape index (κ2) is 8.21. The molecule has 1 aromatic heterocycles. The molecule has 0 bridgehead atoms. The number of rotatable bonds is 5. The van der Waals surface area contributed by atoms with Crippen molar-refractivity contribution >= 4 is 39.3 Å². The molecule has 1 saturated heterocycles. The van der Waals surface area contributed by atoms with Gasteiger partial charge in [-0.2, -0.15) is 4.31 Å². The number of benzene rings is 1. The fraction of sp³-hybridized carbons (Fsp3) is 0.368. The van der Waals surface area contributed by atoms with E-state index in [4.69, 9.17) is 4.42 Å². The molecule has 2 aliphatic rings. The number of fused-ring (bicyclic) bond motifs is 1. The number of thioether (sulfide) groups is 1. The van der Waals surface area contributed by atoms with Crippen LogP contribution in [-0.2, 0) is 26.2 Å². The SMILES string of the molecule is O=C1CSc2ccc(S(=O)(=O)N3CCC(C(=O)NCc4ccco4)CC3)cc2N1. The van der Waals surface area contributed by atoms with Crippen molar-refractivity contribution in [1.29, 1.82) is 0 Å². The van der Waals surface area contributed by atoms with E-state index in [0.717, 1.165) is 4.90 Å². The van der Waals surface area contributed by atoms with E-state index < -0.39 is 10.0 Å². The molecule has 0 saturated carbocycles. The first kappa shape index (κ1) is 20.0. The Morgan fingerprint density at radius 2 is 2.07 bits per heavy atom. The van der Waals surface area contributed by atoms with Crippen molar-refractivity contribution < 1.29 is 22.4 Å². The van der Waals surface area contributed by atoms with E-state index in [9.17, 15) is 18.0 Å². The van der Waals surface area contributed by atoms with Crippen molar-refractivity contribution in [2.75, 3.05) is 24.2 Å². The van der Waals surface area contributed by atoms with Crippen LogP contribution in [-0.4, -0.2) is 43.4 Å². The highest BCUT2D eigenvalue weighted by atomic mass is 32.2. The number of anilines is 1. The Morgan fingerprint density at radius 1 is 1.28 bits per heavy atom. The van der Waals surface area contributed by atoms with Gasteiger partial charge in [-0.15, -0.1) is 11.8 Å². The zero-order chi connectivity index (χ0) is 20.4. The van der Waals surface area contributed by atoms with Gasteiger partial charge in [0.1, 0.15) is 5.76 Å². The van der Waals surface area contributed by atoms with Crippen molar-refractivity contribution in [3.63, 3.8) is 0 Å². The minimum atomic E-state index is -3.68. The lowest BCUT2D eigenvalue weighted by Gasteiger charge is -2.30. The minimum absolute atomic E-state index is 0.0908. The monoisotopic (exact) mass is 435 g/mol. The second-order valence-corrected chi connectivity index (χ2v) is 9.93. The van der Waals surface area contributed by atoms with Crippen LogP contribution in [0.2, 0.25) is 0 Å². The molecule has 0 spiro atoms. The summed E-state index contributed by atoms with van der Waals surface area (Å²) in [5.41, 5.74) is 0.527. The summed E-state index contributed by atoms with van der Waals surface area (Å²) in [7, 11) is -3.68. The smallest absolute Gasteiger partial charge is 0.243 e. The Hall–Kier alpha value is -2.30. The summed E-state index contributed by atoms with van der Waals surface area (Å²) in [4.78, 5) is 24.9. The average molecular weight is 436 g/mol. The van der Waals surface area contributed by atoms with E-state index >= 15 is 0 Å². The van der Waals surface area contributed by atoms with Crippen LogP contribution in [0.25, 0.3) is 0 Å². The maximum atomic E-state index is 13.0. The predicted octanol–water partition coefficient (Wildman–Crippen LogP) is 2.04. The van der Waals surface area contributed by atoms with Gasteiger partial charge in [0.2, 0.25) is 21.8 Å². The number of hydrogen-bond donors (Lipinski definition) is 2. The van der Waals surface area contributed by atoms with Crippen LogP contribution < -0.4 is 10.6 Å². The van der Waals surface area contributed by atoms with Crippen LogP contribution in [0.1, 0.15) is 18.6 Å². The second-order valence-electron chi connectivity index (χ2n) is 6.97. The van der Waals surface area contributed by atoms with Gasteiger partial charge in [-0.25, -0.2) is 8.42 Å². The molecule has 0 unspecified atom stereocenters. The molecule has 0 aliphatic carbocycles. The summed E-state index contributed by atoms with van der Waals surface area (Å²) >= 11 is 1.39. The lowest BCUT2D eigenvalue weighted by molar-refractivity contribution is -0.126. The third kappa shape index (κ3) is 4.34. The van der Waals surface area contributed by atoms with Crippen LogP contribution in [0.4, 0.5) is 5.69 Å². The molecule has 154 valence electrons. The van der Waals surface area contributed by atoms with Crippen molar-refractivity contribution in [1.82, 2.24) is 9.62 Å². The van der Waals surface area contributed by atoms with Crippen molar-refractivity contribution in [3.8, 4) is 0 Å². The standard InChI is InChI=1S/C19H21N3O5S2/c23-18-12-28-17-4-3-15(10-16(17)21-18)29(25,26)22-7-5-13(6-8-22)19(24)20-11-14-2-1-9-27-14/h1-4,9-10,13H,5-8,11-12H2,(H,20,24)(H,21,23). The largest absolute Gasteiger partial charge is 0.467 e. The van der Waals surface area contributed by atoms with Crippen LogP contribution >= 0.6 is 11.8 Å². The summed E-state index contributed by atoms with van der Waals surface area (Å²) in [5.74, 6) is 0.547. The minimum Gasteiger partial charge on any atom is -0.467 e. The number of hydrogen-bond acceptors (Lipinski definition) is 6. The van der Waals surface area contributed by atoms with Gasteiger partial charge in [-0.3, -0.25) is 9.59 Å². The van der Waals surface area contributed by atoms with Crippen molar-refractivity contribution in [3.05, 3.63) is 42.4 Å². The molecule has 8 nitrogen and oxygen atoms in total. The maximum Gasteiger partial charge on any atom is 0.243 e. The van der Waals surface area contributed by atoms with Gasteiger partial charge in [0, 0.05) is 23.9 Å². The number of furan rings is 1. The number of piperidine rings is 1. The lowest BCUT2D eigenvalue weighted by Crippen LogP contribution is -2.42. The number of carbonyl (C=O) groups is 2. The van der Waals surface area contributed by atoms with Gasteiger partial charge in [0.05, 0.1) is 29.1 Å². The normalized spacial score (nSPS) is 18.1. The molecule has 0 atom stereocenters. The van der Waals surface area contributed by atoms with Crippen molar-refractivity contribution in [2.45, 2.75) is 29.2 Å². The molecule has 4 rings (SSSR count). The van der Waals surface area contributed by atoms with Gasteiger partial charge in [0.15, 0.2) is 0 Å². The summed E-state index contributed by atoms with van der Waals surface area (Å²) in [5, 5.41) is 5.55. The number of nitrogens with one attached hydrogen (secondary N) is 2. The highest BCUT2D eigenvalue weighted by Crippen LogP contribution is 2.34. The third-order valence-electron chi connectivity index (χ3n) is 5.06. The van der Waals surface area contributed by atoms with E-state index in [-0.39, 0.29) is 35.7 Å². The summed E-state index contributed by atoms with van der Waals surface area (Å²) in [6, 6.07) is 8.35. The molecule has 10 heteroatoms. The van der Waals surface area contributed by atoms with E-state index in [0.29, 0.717) is 36.6 Å². The Morgan fingerprint density at radius 3 is 2.79 bits per heavy atom. The van der Waals surface area contributed by atoms with E-state index in [1.807, 2.05) is 0 Å². The topological polar surface area (TPSA) is 109 Å².